The minimum absolute atomic E-state index is 0.678. The molecule has 15 heavy (non-hydrogen) atoms. The van der Waals surface area contributed by atoms with Crippen LogP contribution in [0.1, 0.15) is 12.0 Å². The second-order valence-electron chi connectivity index (χ2n) is 3.68. The monoisotopic (exact) mass is 305 g/mol. The number of halogens is 2. The van der Waals surface area contributed by atoms with Crippen LogP contribution in [0, 0.1) is 0 Å². The molecular weight excluding hydrogens is 294 g/mol. The van der Waals surface area contributed by atoms with E-state index in [0.29, 0.717) is 6.04 Å². The molecule has 2 rings (SSSR count). The fraction of sp³-hybridized carbons (Fsp3) is 0.455. The van der Waals surface area contributed by atoms with Crippen LogP contribution in [0.3, 0.4) is 0 Å². The Kier molecular flexibility index (Phi) is 4.38. The third-order valence-corrected chi connectivity index (χ3v) is 4.66. The van der Waals surface area contributed by atoms with Crippen LogP contribution in [0.25, 0.3) is 0 Å². The van der Waals surface area contributed by atoms with E-state index in [1.807, 2.05) is 23.9 Å². The highest BCUT2D eigenvalue weighted by Crippen LogP contribution is 2.22. The van der Waals surface area contributed by atoms with Crippen LogP contribution in [0.15, 0.2) is 22.7 Å². The summed E-state index contributed by atoms with van der Waals surface area (Å²) >= 11 is 11.4. The minimum atomic E-state index is 0.678. The van der Waals surface area contributed by atoms with Gasteiger partial charge in [0.1, 0.15) is 0 Å². The molecule has 82 valence electrons. The van der Waals surface area contributed by atoms with Gasteiger partial charge >= 0.3 is 0 Å². The molecule has 1 aliphatic heterocycles. The van der Waals surface area contributed by atoms with Crippen molar-refractivity contribution in [3.63, 3.8) is 0 Å². The lowest BCUT2D eigenvalue weighted by Crippen LogP contribution is -2.28. The van der Waals surface area contributed by atoms with Crippen LogP contribution in [0.5, 0.6) is 0 Å². The number of nitrogens with one attached hydrogen (secondary N) is 1. The Morgan fingerprint density at radius 1 is 1.53 bits per heavy atom. The number of rotatable bonds is 3. The number of hydrogen-bond acceptors (Lipinski definition) is 2. The maximum Gasteiger partial charge on any atom is 0.0417 e. The summed E-state index contributed by atoms with van der Waals surface area (Å²) in [4.78, 5) is 0. The van der Waals surface area contributed by atoms with Crippen LogP contribution in [0.4, 0.5) is 0 Å². The summed E-state index contributed by atoms with van der Waals surface area (Å²) in [5, 5.41) is 4.34. The van der Waals surface area contributed by atoms with Gasteiger partial charge < -0.3 is 5.32 Å². The third-order valence-electron chi connectivity index (χ3n) is 2.53. The fourth-order valence-electron chi connectivity index (χ4n) is 1.61. The van der Waals surface area contributed by atoms with Crippen LogP contribution >= 0.6 is 39.3 Å². The van der Waals surface area contributed by atoms with E-state index in [4.69, 9.17) is 11.6 Å². The van der Waals surface area contributed by atoms with E-state index in [-0.39, 0.29) is 0 Å². The number of benzene rings is 1. The zero-order valence-corrected chi connectivity index (χ0v) is 11.5. The van der Waals surface area contributed by atoms with Crippen molar-refractivity contribution >= 4 is 39.3 Å². The molecule has 4 heteroatoms. The normalized spacial score (nSPS) is 20.8. The van der Waals surface area contributed by atoms with E-state index in [1.54, 1.807) is 0 Å². The molecule has 0 amide bonds. The lowest BCUT2D eigenvalue weighted by molar-refractivity contribution is 0.557. The number of thioether (sulfide) groups is 1. The van der Waals surface area contributed by atoms with Gasteiger partial charge in [-0.25, -0.2) is 0 Å². The summed E-state index contributed by atoms with van der Waals surface area (Å²) in [6.45, 7) is 0.920. The molecule has 1 saturated heterocycles. The van der Waals surface area contributed by atoms with Gasteiger partial charge in [0.05, 0.1) is 0 Å². The van der Waals surface area contributed by atoms with Gasteiger partial charge in [-0.05, 0) is 29.9 Å². The summed E-state index contributed by atoms with van der Waals surface area (Å²) in [7, 11) is 0. The predicted molar refractivity (Wildman–Crippen MR) is 71.7 cm³/mol. The first kappa shape index (κ1) is 11.8. The van der Waals surface area contributed by atoms with Crippen LogP contribution in [-0.4, -0.2) is 17.5 Å². The van der Waals surface area contributed by atoms with E-state index in [1.165, 1.54) is 23.5 Å². The maximum absolute atomic E-state index is 5.89. The summed E-state index contributed by atoms with van der Waals surface area (Å²) < 4.78 is 1.09. The van der Waals surface area contributed by atoms with Crippen molar-refractivity contribution < 1.29 is 0 Å². The highest BCUT2D eigenvalue weighted by molar-refractivity contribution is 9.10. The molecule has 1 atom stereocenters. The molecule has 1 aromatic rings. The predicted octanol–water partition coefficient (Wildman–Crippen LogP) is 3.70. The summed E-state index contributed by atoms with van der Waals surface area (Å²) in [6.07, 6.45) is 1.29. The molecule has 1 unspecified atom stereocenters. The lowest BCUT2D eigenvalue weighted by atomic mass is 10.2. The molecule has 1 heterocycles. The van der Waals surface area contributed by atoms with Crippen molar-refractivity contribution in [2.24, 2.45) is 0 Å². The molecule has 1 nitrogen and oxygen atoms in total. The Morgan fingerprint density at radius 2 is 2.40 bits per heavy atom. The van der Waals surface area contributed by atoms with Crippen molar-refractivity contribution in [3.05, 3.63) is 33.3 Å². The first-order valence-corrected chi connectivity index (χ1v) is 7.33. The molecule has 1 fully saturated rings. The quantitative estimate of drug-likeness (QED) is 0.914. The second-order valence-corrected chi connectivity index (χ2v) is 6.12. The molecule has 0 aromatic heterocycles. The first-order chi connectivity index (χ1) is 7.25. The minimum Gasteiger partial charge on any atom is -0.309 e. The van der Waals surface area contributed by atoms with Gasteiger partial charge in [0.25, 0.3) is 0 Å². The Bertz CT molecular complexity index is 339. The van der Waals surface area contributed by atoms with Crippen molar-refractivity contribution in [2.45, 2.75) is 19.0 Å². The van der Waals surface area contributed by atoms with Crippen molar-refractivity contribution in [1.29, 1.82) is 0 Å². The molecule has 0 spiro atoms. The summed E-state index contributed by atoms with van der Waals surface area (Å²) in [5.74, 6) is 2.53. The SMILES string of the molecule is Clc1ccc(CNC2CCSC2)c(Br)c1. The second kappa shape index (κ2) is 5.58. The topological polar surface area (TPSA) is 12.0 Å². The highest BCUT2D eigenvalue weighted by Gasteiger charge is 2.14. The number of hydrogen-bond donors (Lipinski definition) is 1. The molecule has 0 aliphatic carbocycles. The van der Waals surface area contributed by atoms with Crippen molar-refractivity contribution in [3.8, 4) is 0 Å². The highest BCUT2D eigenvalue weighted by atomic mass is 79.9. The Morgan fingerprint density at radius 3 is 3.07 bits per heavy atom. The van der Waals surface area contributed by atoms with Gasteiger partial charge in [0.2, 0.25) is 0 Å². The van der Waals surface area contributed by atoms with Gasteiger partial charge in [0.15, 0.2) is 0 Å². The zero-order chi connectivity index (χ0) is 10.7. The van der Waals surface area contributed by atoms with Crippen LogP contribution in [-0.2, 0) is 6.54 Å². The van der Waals surface area contributed by atoms with Crippen LogP contribution in [0.2, 0.25) is 5.02 Å². The van der Waals surface area contributed by atoms with Gasteiger partial charge in [-0.3, -0.25) is 0 Å². The van der Waals surface area contributed by atoms with E-state index in [9.17, 15) is 0 Å². The molecule has 0 bridgehead atoms. The van der Waals surface area contributed by atoms with Gasteiger partial charge in [-0.2, -0.15) is 11.8 Å². The average Bonchev–Trinajstić information content (AvgIpc) is 2.69. The zero-order valence-electron chi connectivity index (χ0n) is 8.30. The summed E-state index contributed by atoms with van der Waals surface area (Å²) in [6, 6.07) is 6.63. The van der Waals surface area contributed by atoms with Crippen molar-refractivity contribution in [1.82, 2.24) is 5.32 Å². The maximum atomic E-state index is 5.89. The van der Waals surface area contributed by atoms with Crippen LogP contribution < -0.4 is 5.32 Å². The molecule has 1 N–H and O–H groups in total. The Hall–Kier alpha value is 0.300. The molecule has 0 saturated carbocycles. The Labute approximate surface area is 108 Å². The lowest BCUT2D eigenvalue weighted by Gasteiger charge is -2.12. The van der Waals surface area contributed by atoms with E-state index in [2.05, 4.69) is 27.3 Å². The first-order valence-electron chi connectivity index (χ1n) is 5.01. The fourth-order valence-corrected chi connectivity index (χ4v) is 3.62. The molecule has 1 aliphatic rings. The molecule has 1 aromatic carbocycles. The van der Waals surface area contributed by atoms with Gasteiger partial charge in [-0.15, -0.1) is 0 Å². The van der Waals surface area contributed by atoms with Gasteiger partial charge in [0, 0.05) is 27.8 Å². The molecule has 0 radical (unpaired) electrons. The van der Waals surface area contributed by atoms with Crippen molar-refractivity contribution in [2.75, 3.05) is 11.5 Å². The molecular formula is C11H13BrClNS. The standard InChI is InChI=1S/C11H13BrClNS/c12-11-5-9(13)2-1-8(11)6-14-10-3-4-15-7-10/h1-2,5,10,14H,3-4,6-7H2. The Balaban J connectivity index is 1.92. The summed E-state index contributed by atoms with van der Waals surface area (Å²) in [5.41, 5.74) is 1.27. The average molecular weight is 307 g/mol. The van der Waals surface area contributed by atoms with E-state index >= 15 is 0 Å². The smallest absolute Gasteiger partial charge is 0.0417 e. The van der Waals surface area contributed by atoms with E-state index in [0.717, 1.165) is 16.0 Å². The van der Waals surface area contributed by atoms with Gasteiger partial charge in [-0.1, -0.05) is 33.6 Å². The van der Waals surface area contributed by atoms with E-state index < -0.39 is 0 Å². The largest absolute Gasteiger partial charge is 0.309 e. The third kappa shape index (κ3) is 3.38.